The van der Waals surface area contributed by atoms with Crippen LogP contribution in [-0.2, 0) is 9.53 Å². The predicted octanol–water partition coefficient (Wildman–Crippen LogP) is 2.43. The maximum Gasteiger partial charge on any atom is 0.253 e. The third-order valence-corrected chi connectivity index (χ3v) is 5.52. The Morgan fingerprint density at radius 1 is 1.43 bits per heavy atom. The molecule has 1 amide bonds. The van der Waals surface area contributed by atoms with Gasteiger partial charge in [-0.2, -0.15) is 0 Å². The first-order valence-electron chi connectivity index (χ1n) is 7.70. The Labute approximate surface area is 145 Å². The number of rotatable bonds is 3. The van der Waals surface area contributed by atoms with Gasteiger partial charge < -0.3 is 20.1 Å². The van der Waals surface area contributed by atoms with Gasteiger partial charge in [0, 0.05) is 18.7 Å². The standard InChI is InChI=1S/C16H20Cl2N2O3/c1-22-12-3-2-11(17)15(18)14(12)9-4-5-20-10(6-9)8-23-13(7-19)16(20)21/h2-3,9-10,13H,4-8,19H2,1H3/t9-,10+,13?/m1/s1. The molecular formula is C16H20Cl2N2O3. The van der Waals surface area contributed by atoms with Crippen LogP contribution in [0.15, 0.2) is 12.1 Å². The Bertz CT molecular complexity index is 611. The molecule has 2 aliphatic rings. The zero-order chi connectivity index (χ0) is 16.6. The molecule has 0 aromatic heterocycles. The van der Waals surface area contributed by atoms with Crippen LogP contribution < -0.4 is 10.5 Å². The summed E-state index contributed by atoms with van der Waals surface area (Å²) >= 11 is 12.6. The van der Waals surface area contributed by atoms with Crippen molar-refractivity contribution in [3.05, 3.63) is 27.7 Å². The third kappa shape index (κ3) is 3.03. The second-order valence-electron chi connectivity index (χ2n) is 5.94. The van der Waals surface area contributed by atoms with E-state index >= 15 is 0 Å². The largest absolute Gasteiger partial charge is 0.496 e. The van der Waals surface area contributed by atoms with E-state index in [0.717, 1.165) is 24.2 Å². The van der Waals surface area contributed by atoms with Gasteiger partial charge in [0.05, 0.1) is 29.8 Å². The van der Waals surface area contributed by atoms with Gasteiger partial charge in [-0.1, -0.05) is 23.2 Å². The molecule has 1 aromatic rings. The van der Waals surface area contributed by atoms with Crippen LogP contribution in [0.2, 0.25) is 10.0 Å². The van der Waals surface area contributed by atoms with Crippen molar-refractivity contribution < 1.29 is 14.3 Å². The summed E-state index contributed by atoms with van der Waals surface area (Å²) in [7, 11) is 1.62. The number of carbonyl (C=O) groups excluding carboxylic acids is 1. The summed E-state index contributed by atoms with van der Waals surface area (Å²) in [6, 6.07) is 3.62. The fourth-order valence-corrected chi connectivity index (χ4v) is 4.00. The summed E-state index contributed by atoms with van der Waals surface area (Å²) in [5.74, 6) is 0.912. The molecule has 0 saturated carbocycles. The molecule has 3 rings (SSSR count). The van der Waals surface area contributed by atoms with E-state index in [-0.39, 0.29) is 24.4 Å². The van der Waals surface area contributed by atoms with E-state index in [2.05, 4.69) is 0 Å². The first-order chi connectivity index (χ1) is 11.1. The summed E-state index contributed by atoms with van der Waals surface area (Å²) in [5, 5.41) is 1.05. The van der Waals surface area contributed by atoms with Crippen LogP contribution in [0.25, 0.3) is 0 Å². The highest BCUT2D eigenvalue weighted by Gasteiger charge is 2.40. The van der Waals surface area contributed by atoms with E-state index < -0.39 is 6.10 Å². The number of hydrogen-bond acceptors (Lipinski definition) is 4. The van der Waals surface area contributed by atoms with E-state index in [0.29, 0.717) is 23.2 Å². The van der Waals surface area contributed by atoms with E-state index in [9.17, 15) is 4.79 Å². The topological polar surface area (TPSA) is 64.8 Å². The highest BCUT2D eigenvalue weighted by molar-refractivity contribution is 6.42. The van der Waals surface area contributed by atoms with Crippen LogP contribution >= 0.6 is 23.2 Å². The quantitative estimate of drug-likeness (QED) is 0.900. The van der Waals surface area contributed by atoms with Crippen molar-refractivity contribution in [2.75, 3.05) is 26.8 Å². The minimum Gasteiger partial charge on any atom is -0.496 e. The van der Waals surface area contributed by atoms with Crippen LogP contribution in [0.4, 0.5) is 0 Å². The van der Waals surface area contributed by atoms with E-state index in [4.69, 9.17) is 38.4 Å². The van der Waals surface area contributed by atoms with Gasteiger partial charge in [0.25, 0.3) is 5.91 Å². The fraction of sp³-hybridized carbons (Fsp3) is 0.562. The Morgan fingerprint density at radius 2 is 2.22 bits per heavy atom. The number of nitrogens with zero attached hydrogens (tertiary/aromatic N) is 1. The normalized spacial score (nSPS) is 27.7. The van der Waals surface area contributed by atoms with Crippen molar-refractivity contribution >= 4 is 29.1 Å². The van der Waals surface area contributed by atoms with Gasteiger partial charge in [0.1, 0.15) is 11.9 Å². The van der Waals surface area contributed by atoms with Gasteiger partial charge in [-0.25, -0.2) is 0 Å². The number of amides is 1. The highest BCUT2D eigenvalue weighted by Crippen LogP contribution is 2.44. The third-order valence-electron chi connectivity index (χ3n) is 4.70. The Morgan fingerprint density at radius 3 is 2.91 bits per heavy atom. The molecule has 1 aromatic carbocycles. The van der Waals surface area contributed by atoms with Crippen molar-refractivity contribution in [3.8, 4) is 5.75 Å². The minimum atomic E-state index is -0.507. The molecule has 5 nitrogen and oxygen atoms in total. The van der Waals surface area contributed by atoms with Crippen molar-refractivity contribution in [1.82, 2.24) is 4.90 Å². The Hall–Kier alpha value is -1.01. The lowest BCUT2D eigenvalue weighted by Gasteiger charge is -2.44. The summed E-state index contributed by atoms with van der Waals surface area (Å²) < 4.78 is 11.1. The number of nitrogens with two attached hydrogens (primary N) is 1. The monoisotopic (exact) mass is 358 g/mol. The molecule has 2 N–H and O–H groups in total. The lowest BCUT2D eigenvalue weighted by molar-refractivity contribution is -0.161. The molecule has 2 heterocycles. The number of hydrogen-bond donors (Lipinski definition) is 1. The average Bonchev–Trinajstić information content (AvgIpc) is 2.57. The number of carbonyl (C=O) groups is 1. The lowest BCUT2D eigenvalue weighted by atomic mass is 9.84. The number of ether oxygens (including phenoxy) is 2. The molecular weight excluding hydrogens is 339 g/mol. The van der Waals surface area contributed by atoms with Crippen LogP contribution in [0.5, 0.6) is 5.75 Å². The number of halogens is 2. The molecule has 23 heavy (non-hydrogen) atoms. The van der Waals surface area contributed by atoms with Crippen molar-refractivity contribution in [2.45, 2.75) is 30.9 Å². The first kappa shape index (κ1) is 16.8. The second-order valence-corrected chi connectivity index (χ2v) is 6.73. The van der Waals surface area contributed by atoms with Gasteiger partial charge in [0.15, 0.2) is 0 Å². The summed E-state index contributed by atoms with van der Waals surface area (Å²) in [4.78, 5) is 14.2. The van der Waals surface area contributed by atoms with Crippen LogP contribution in [0.1, 0.15) is 24.3 Å². The van der Waals surface area contributed by atoms with Crippen LogP contribution in [0.3, 0.4) is 0 Å². The molecule has 3 atom stereocenters. The summed E-state index contributed by atoms with van der Waals surface area (Å²) in [6.45, 7) is 1.39. The van der Waals surface area contributed by atoms with Gasteiger partial charge >= 0.3 is 0 Å². The maximum atomic E-state index is 12.3. The number of morpholine rings is 1. The first-order valence-corrected chi connectivity index (χ1v) is 8.46. The number of piperidine rings is 1. The summed E-state index contributed by atoms with van der Waals surface area (Å²) in [5.41, 5.74) is 6.51. The van der Waals surface area contributed by atoms with Crippen molar-refractivity contribution in [1.29, 1.82) is 0 Å². The zero-order valence-corrected chi connectivity index (χ0v) is 14.4. The van der Waals surface area contributed by atoms with Crippen LogP contribution in [0, 0.1) is 0 Å². The maximum absolute atomic E-state index is 12.3. The van der Waals surface area contributed by atoms with Crippen molar-refractivity contribution in [3.63, 3.8) is 0 Å². The molecule has 126 valence electrons. The molecule has 2 aliphatic heterocycles. The SMILES string of the molecule is COc1ccc(Cl)c(Cl)c1[C@@H]1CCN2C(=O)C(CN)OC[C@@H]2C1. The predicted molar refractivity (Wildman–Crippen MR) is 89.3 cm³/mol. The average molecular weight is 359 g/mol. The number of benzene rings is 1. The molecule has 0 aliphatic carbocycles. The molecule has 0 radical (unpaired) electrons. The van der Waals surface area contributed by atoms with Gasteiger partial charge in [-0.15, -0.1) is 0 Å². The molecule has 7 heteroatoms. The summed E-state index contributed by atoms with van der Waals surface area (Å²) in [6.07, 6.45) is 1.09. The van der Waals surface area contributed by atoms with E-state index in [1.54, 1.807) is 13.2 Å². The second kappa shape index (κ2) is 6.85. The fourth-order valence-electron chi connectivity index (χ4n) is 3.52. The smallest absolute Gasteiger partial charge is 0.253 e. The molecule has 0 bridgehead atoms. The van der Waals surface area contributed by atoms with E-state index in [1.165, 1.54) is 0 Å². The highest BCUT2D eigenvalue weighted by atomic mass is 35.5. The van der Waals surface area contributed by atoms with Crippen molar-refractivity contribution in [2.24, 2.45) is 5.73 Å². The Kier molecular flexibility index (Phi) is 5.01. The Balaban J connectivity index is 1.84. The van der Waals surface area contributed by atoms with Gasteiger partial charge in [-0.3, -0.25) is 4.79 Å². The van der Waals surface area contributed by atoms with Gasteiger partial charge in [-0.05, 0) is 30.9 Å². The number of fused-ring (bicyclic) bond motifs is 1. The zero-order valence-electron chi connectivity index (χ0n) is 12.9. The lowest BCUT2D eigenvalue weighted by Crippen LogP contribution is -2.58. The van der Waals surface area contributed by atoms with Crippen LogP contribution in [-0.4, -0.2) is 49.8 Å². The number of methoxy groups -OCH3 is 1. The van der Waals surface area contributed by atoms with Gasteiger partial charge in [0.2, 0.25) is 0 Å². The molecule has 0 spiro atoms. The molecule has 2 fully saturated rings. The molecule has 1 unspecified atom stereocenters. The minimum absolute atomic E-state index is 0.00800. The molecule has 2 saturated heterocycles. The van der Waals surface area contributed by atoms with E-state index in [1.807, 2.05) is 11.0 Å².